The summed E-state index contributed by atoms with van der Waals surface area (Å²) in [7, 11) is 0. The van der Waals surface area contributed by atoms with Gasteiger partial charge in [-0.25, -0.2) is 0 Å². The van der Waals surface area contributed by atoms with E-state index in [4.69, 9.17) is 11.6 Å². The largest absolute Gasteiger partial charge is 0.388 e. The standard InChI is InChI=1S/C14H13BrClNO/c1-9(13-4-2-3-7-17-13)14(18)11-8-10(16)5-6-12(11)15/h2-9,14,18H,1H3. The lowest BCUT2D eigenvalue weighted by Crippen LogP contribution is -2.09. The number of nitrogens with zero attached hydrogens (tertiary/aromatic N) is 1. The van der Waals surface area contributed by atoms with Crippen LogP contribution in [-0.2, 0) is 0 Å². The van der Waals surface area contributed by atoms with Crippen LogP contribution in [0.1, 0.15) is 30.2 Å². The summed E-state index contributed by atoms with van der Waals surface area (Å²) < 4.78 is 0.849. The third kappa shape index (κ3) is 2.91. The third-order valence-corrected chi connectivity index (χ3v) is 3.86. The molecule has 4 heteroatoms. The smallest absolute Gasteiger partial charge is 0.0882 e. The van der Waals surface area contributed by atoms with Crippen molar-refractivity contribution in [1.82, 2.24) is 4.98 Å². The molecule has 0 radical (unpaired) electrons. The first kappa shape index (κ1) is 13.5. The first-order chi connectivity index (χ1) is 8.59. The minimum Gasteiger partial charge on any atom is -0.388 e. The molecule has 18 heavy (non-hydrogen) atoms. The number of aromatic nitrogens is 1. The molecular formula is C14H13BrClNO. The number of benzene rings is 1. The second-order valence-electron chi connectivity index (χ2n) is 4.15. The topological polar surface area (TPSA) is 33.1 Å². The van der Waals surface area contributed by atoms with Gasteiger partial charge >= 0.3 is 0 Å². The Morgan fingerprint density at radius 1 is 1.28 bits per heavy atom. The molecule has 0 fully saturated rings. The Hall–Kier alpha value is -0.900. The van der Waals surface area contributed by atoms with Gasteiger partial charge in [0.1, 0.15) is 0 Å². The molecule has 0 amide bonds. The molecule has 94 valence electrons. The normalized spacial score (nSPS) is 14.2. The Morgan fingerprint density at radius 3 is 2.72 bits per heavy atom. The van der Waals surface area contributed by atoms with Gasteiger partial charge in [0.25, 0.3) is 0 Å². The molecule has 1 N–H and O–H groups in total. The molecule has 0 spiro atoms. The van der Waals surface area contributed by atoms with E-state index in [0.717, 1.165) is 15.7 Å². The van der Waals surface area contributed by atoms with Crippen molar-refractivity contribution in [2.24, 2.45) is 0 Å². The average molecular weight is 327 g/mol. The van der Waals surface area contributed by atoms with E-state index in [1.165, 1.54) is 0 Å². The summed E-state index contributed by atoms with van der Waals surface area (Å²) in [5, 5.41) is 11.0. The Bertz CT molecular complexity index is 533. The predicted molar refractivity (Wildman–Crippen MR) is 76.8 cm³/mol. The van der Waals surface area contributed by atoms with Gasteiger partial charge in [0, 0.05) is 27.3 Å². The van der Waals surface area contributed by atoms with Gasteiger partial charge < -0.3 is 5.11 Å². The zero-order valence-corrected chi connectivity index (χ0v) is 12.2. The van der Waals surface area contributed by atoms with E-state index in [9.17, 15) is 5.11 Å². The van der Waals surface area contributed by atoms with Crippen LogP contribution < -0.4 is 0 Å². The summed E-state index contributed by atoms with van der Waals surface area (Å²) >= 11 is 9.40. The average Bonchev–Trinajstić information content (AvgIpc) is 2.41. The van der Waals surface area contributed by atoms with E-state index in [-0.39, 0.29) is 5.92 Å². The van der Waals surface area contributed by atoms with Crippen molar-refractivity contribution < 1.29 is 5.11 Å². The Labute approximate surface area is 120 Å². The number of halogens is 2. The van der Waals surface area contributed by atoms with Gasteiger partial charge in [-0.15, -0.1) is 0 Å². The molecule has 2 unspecified atom stereocenters. The van der Waals surface area contributed by atoms with Crippen molar-refractivity contribution in [3.8, 4) is 0 Å². The lowest BCUT2D eigenvalue weighted by atomic mass is 9.94. The lowest BCUT2D eigenvalue weighted by Gasteiger charge is -2.20. The van der Waals surface area contributed by atoms with Crippen molar-refractivity contribution in [1.29, 1.82) is 0 Å². The van der Waals surface area contributed by atoms with E-state index >= 15 is 0 Å². The second kappa shape index (κ2) is 5.83. The Kier molecular flexibility index (Phi) is 4.38. The van der Waals surface area contributed by atoms with Crippen LogP contribution in [-0.4, -0.2) is 10.1 Å². The van der Waals surface area contributed by atoms with Crippen LogP contribution in [0.15, 0.2) is 47.1 Å². The van der Waals surface area contributed by atoms with E-state index in [0.29, 0.717) is 5.02 Å². The molecular weight excluding hydrogens is 314 g/mol. The van der Waals surface area contributed by atoms with E-state index in [1.807, 2.05) is 31.2 Å². The number of hydrogen-bond acceptors (Lipinski definition) is 2. The summed E-state index contributed by atoms with van der Waals surface area (Å²) in [6.07, 6.45) is 1.08. The number of aliphatic hydroxyl groups excluding tert-OH is 1. The van der Waals surface area contributed by atoms with E-state index in [2.05, 4.69) is 20.9 Å². The molecule has 2 atom stereocenters. The maximum absolute atomic E-state index is 10.4. The molecule has 0 aliphatic carbocycles. The van der Waals surface area contributed by atoms with Crippen LogP contribution in [0.4, 0.5) is 0 Å². The minimum atomic E-state index is -0.645. The second-order valence-corrected chi connectivity index (χ2v) is 5.44. The van der Waals surface area contributed by atoms with Crippen LogP contribution in [0.25, 0.3) is 0 Å². The Balaban J connectivity index is 2.31. The molecule has 1 heterocycles. The fourth-order valence-corrected chi connectivity index (χ4v) is 2.48. The molecule has 0 saturated carbocycles. The molecule has 0 aliphatic heterocycles. The van der Waals surface area contributed by atoms with Crippen molar-refractivity contribution in [3.63, 3.8) is 0 Å². The highest BCUT2D eigenvalue weighted by Gasteiger charge is 2.21. The molecule has 0 aliphatic rings. The molecule has 1 aromatic carbocycles. The van der Waals surface area contributed by atoms with Gasteiger partial charge in [-0.3, -0.25) is 4.98 Å². The Morgan fingerprint density at radius 2 is 2.06 bits per heavy atom. The highest BCUT2D eigenvalue weighted by Crippen LogP contribution is 2.34. The van der Waals surface area contributed by atoms with Crippen molar-refractivity contribution in [2.75, 3.05) is 0 Å². The quantitative estimate of drug-likeness (QED) is 0.910. The summed E-state index contributed by atoms with van der Waals surface area (Å²) in [6.45, 7) is 1.94. The van der Waals surface area contributed by atoms with Gasteiger partial charge in [0.05, 0.1) is 6.10 Å². The lowest BCUT2D eigenvalue weighted by molar-refractivity contribution is 0.149. The molecule has 2 nitrogen and oxygen atoms in total. The molecule has 1 aromatic heterocycles. The number of rotatable bonds is 3. The molecule has 0 bridgehead atoms. The van der Waals surface area contributed by atoms with Crippen LogP contribution >= 0.6 is 27.5 Å². The zero-order valence-electron chi connectivity index (χ0n) is 9.85. The minimum absolute atomic E-state index is 0.0963. The monoisotopic (exact) mass is 325 g/mol. The van der Waals surface area contributed by atoms with Crippen LogP contribution in [0.5, 0.6) is 0 Å². The number of hydrogen-bond donors (Lipinski definition) is 1. The van der Waals surface area contributed by atoms with Gasteiger partial charge in [0.2, 0.25) is 0 Å². The van der Waals surface area contributed by atoms with Crippen molar-refractivity contribution >= 4 is 27.5 Å². The fourth-order valence-electron chi connectivity index (χ4n) is 1.82. The third-order valence-electron chi connectivity index (χ3n) is 2.90. The van der Waals surface area contributed by atoms with Gasteiger partial charge in [-0.05, 0) is 35.9 Å². The molecule has 0 saturated heterocycles. The summed E-state index contributed by atoms with van der Waals surface area (Å²) in [5.74, 6) is -0.0963. The summed E-state index contributed by atoms with van der Waals surface area (Å²) in [5.41, 5.74) is 1.64. The number of pyridine rings is 1. The summed E-state index contributed by atoms with van der Waals surface area (Å²) in [4.78, 5) is 4.27. The fraction of sp³-hybridized carbons (Fsp3) is 0.214. The highest BCUT2D eigenvalue weighted by molar-refractivity contribution is 9.10. The van der Waals surface area contributed by atoms with Crippen molar-refractivity contribution in [2.45, 2.75) is 18.9 Å². The first-order valence-corrected chi connectivity index (χ1v) is 6.80. The van der Waals surface area contributed by atoms with Crippen LogP contribution in [0.3, 0.4) is 0 Å². The van der Waals surface area contributed by atoms with Gasteiger partial charge in [-0.2, -0.15) is 0 Å². The predicted octanol–water partition coefficient (Wildman–Crippen LogP) is 4.33. The van der Waals surface area contributed by atoms with Crippen LogP contribution in [0.2, 0.25) is 5.02 Å². The zero-order chi connectivity index (χ0) is 13.1. The maximum atomic E-state index is 10.4. The van der Waals surface area contributed by atoms with Crippen molar-refractivity contribution in [3.05, 3.63) is 63.3 Å². The van der Waals surface area contributed by atoms with E-state index < -0.39 is 6.10 Å². The van der Waals surface area contributed by atoms with Gasteiger partial charge in [0.15, 0.2) is 0 Å². The molecule has 2 rings (SSSR count). The maximum Gasteiger partial charge on any atom is 0.0882 e. The number of aliphatic hydroxyl groups is 1. The highest BCUT2D eigenvalue weighted by atomic mass is 79.9. The van der Waals surface area contributed by atoms with Gasteiger partial charge in [-0.1, -0.05) is 40.5 Å². The van der Waals surface area contributed by atoms with Crippen LogP contribution in [0, 0.1) is 0 Å². The summed E-state index contributed by atoms with van der Waals surface area (Å²) in [6, 6.07) is 11.1. The molecule has 2 aromatic rings. The SMILES string of the molecule is CC(c1ccccn1)C(O)c1cc(Cl)ccc1Br. The first-order valence-electron chi connectivity index (χ1n) is 5.63. The van der Waals surface area contributed by atoms with E-state index in [1.54, 1.807) is 18.3 Å².